The highest BCUT2D eigenvalue weighted by molar-refractivity contribution is 8.13. The predicted molar refractivity (Wildman–Crippen MR) is 143 cm³/mol. The molecule has 1 aromatic carbocycles. The molecule has 202 valence electrons. The second kappa shape index (κ2) is 13.9. The second-order valence-corrected chi connectivity index (χ2v) is 11.5. The van der Waals surface area contributed by atoms with E-state index in [1.165, 1.54) is 44.8 Å². The molecule has 1 fully saturated rings. The Balaban J connectivity index is 0.000000877. The standard InChI is InChI=1S/C22H22Cl2FN3O4.CH3ClO2S/c1-4-14(29)6-13-10-32-11-16(13)28-22-26-8-12(9-27-22)5-15(25)19-20(23)17(30-2)7-18(31-3)21(19)24;1-5(2,3)4/h4-5,7-9,13,16H,1,6,10-11H2,2-3H3,(H,26,27,28);1H3/b15-5-;/t13-,16+;/m0./s1. The highest BCUT2D eigenvalue weighted by Gasteiger charge is 2.30. The summed E-state index contributed by atoms with van der Waals surface area (Å²) in [7, 11) is 4.13. The van der Waals surface area contributed by atoms with Crippen molar-refractivity contribution in [1.82, 2.24) is 9.97 Å². The number of halogens is 4. The first-order valence-electron chi connectivity index (χ1n) is 10.6. The number of allylic oxidation sites excluding steroid dienone is 1. The number of ether oxygens (including phenoxy) is 3. The topological polar surface area (TPSA) is 117 Å². The van der Waals surface area contributed by atoms with Crippen molar-refractivity contribution < 1.29 is 31.8 Å². The molecule has 37 heavy (non-hydrogen) atoms. The number of hydrogen-bond donors (Lipinski definition) is 1. The van der Waals surface area contributed by atoms with Crippen molar-refractivity contribution in [2.24, 2.45) is 5.92 Å². The highest BCUT2D eigenvalue weighted by Crippen LogP contribution is 2.44. The Bertz CT molecular complexity index is 1220. The first-order chi connectivity index (χ1) is 17.4. The number of nitrogens with one attached hydrogen (secondary N) is 1. The maximum absolute atomic E-state index is 15.1. The molecule has 0 bridgehead atoms. The van der Waals surface area contributed by atoms with Gasteiger partial charge in [0.05, 0.1) is 55.3 Å². The summed E-state index contributed by atoms with van der Waals surface area (Å²) in [4.78, 5) is 20.1. The number of rotatable bonds is 9. The fraction of sp³-hybridized carbons (Fsp3) is 0.348. The summed E-state index contributed by atoms with van der Waals surface area (Å²) in [5, 5.41) is 3.20. The van der Waals surface area contributed by atoms with Gasteiger partial charge in [-0.25, -0.2) is 22.8 Å². The van der Waals surface area contributed by atoms with E-state index in [9.17, 15) is 13.2 Å². The number of ketones is 1. The molecule has 2 heterocycles. The van der Waals surface area contributed by atoms with Crippen LogP contribution in [0.4, 0.5) is 10.3 Å². The van der Waals surface area contributed by atoms with Gasteiger partial charge in [-0.3, -0.25) is 4.79 Å². The molecule has 0 aliphatic carbocycles. The van der Waals surface area contributed by atoms with Gasteiger partial charge >= 0.3 is 0 Å². The zero-order valence-corrected chi connectivity index (χ0v) is 23.2. The summed E-state index contributed by atoms with van der Waals surface area (Å²) in [5.74, 6) is 0.0436. The van der Waals surface area contributed by atoms with E-state index >= 15 is 4.39 Å². The number of anilines is 1. The lowest BCUT2D eigenvalue weighted by Crippen LogP contribution is -2.30. The SMILES string of the molecule is C=CC(=O)C[C@H]1COC[C@H]1Nc1ncc(/C=C(\F)c2c(Cl)c(OC)cc(OC)c2Cl)cn1.CS(=O)(=O)Cl. The van der Waals surface area contributed by atoms with Gasteiger partial charge in [-0.15, -0.1) is 0 Å². The first kappa shape index (κ1) is 30.8. The maximum Gasteiger partial charge on any atom is 0.229 e. The minimum Gasteiger partial charge on any atom is -0.495 e. The number of hydrogen-bond acceptors (Lipinski definition) is 9. The van der Waals surface area contributed by atoms with E-state index in [-0.39, 0.29) is 44.9 Å². The van der Waals surface area contributed by atoms with E-state index in [1.54, 1.807) is 0 Å². The number of aromatic nitrogens is 2. The fourth-order valence-electron chi connectivity index (χ4n) is 3.27. The molecule has 1 aromatic heterocycles. The van der Waals surface area contributed by atoms with Crippen molar-refractivity contribution in [3.63, 3.8) is 0 Å². The fourth-order valence-corrected chi connectivity index (χ4v) is 3.95. The van der Waals surface area contributed by atoms with E-state index in [1.807, 2.05) is 0 Å². The Morgan fingerprint density at radius 2 is 1.76 bits per heavy atom. The van der Waals surface area contributed by atoms with Gasteiger partial charge in [-0.2, -0.15) is 0 Å². The minimum atomic E-state index is -3.19. The van der Waals surface area contributed by atoms with Crippen LogP contribution in [-0.2, 0) is 18.6 Å². The van der Waals surface area contributed by atoms with Crippen molar-refractivity contribution in [3.05, 3.63) is 52.3 Å². The van der Waals surface area contributed by atoms with Gasteiger partial charge in [0.2, 0.25) is 15.0 Å². The molecule has 1 saturated heterocycles. The summed E-state index contributed by atoms with van der Waals surface area (Å²) in [6.07, 6.45) is 6.67. The van der Waals surface area contributed by atoms with Crippen LogP contribution >= 0.6 is 33.9 Å². The van der Waals surface area contributed by atoms with Crippen molar-refractivity contribution in [2.75, 3.05) is 39.0 Å². The Labute approximate surface area is 229 Å². The second-order valence-electron chi connectivity index (χ2n) is 7.72. The van der Waals surface area contributed by atoms with Crippen molar-refractivity contribution in [3.8, 4) is 11.5 Å². The summed E-state index contributed by atoms with van der Waals surface area (Å²) in [6, 6.07) is 1.37. The average Bonchev–Trinajstić information content (AvgIpc) is 3.25. The van der Waals surface area contributed by atoms with Gasteiger partial charge in [0.1, 0.15) is 17.3 Å². The minimum absolute atomic E-state index is 0.00607. The van der Waals surface area contributed by atoms with Crippen LogP contribution in [0.25, 0.3) is 11.9 Å². The lowest BCUT2D eigenvalue weighted by molar-refractivity contribution is -0.115. The zero-order valence-electron chi connectivity index (χ0n) is 20.1. The van der Waals surface area contributed by atoms with Gasteiger partial charge < -0.3 is 19.5 Å². The molecule has 0 amide bonds. The lowest BCUT2D eigenvalue weighted by Gasteiger charge is -2.17. The Kier molecular flexibility index (Phi) is 11.6. The van der Waals surface area contributed by atoms with Crippen molar-refractivity contribution in [2.45, 2.75) is 12.5 Å². The molecule has 1 aliphatic rings. The van der Waals surface area contributed by atoms with Crippen LogP contribution in [0, 0.1) is 5.92 Å². The van der Waals surface area contributed by atoms with Gasteiger partial charge in [-0.1, -0.05) is 29.8 Å². The summed E-state index contributed by atoms with van der Waals surface area (Å²) in [6.45, 7) is 4.40. The van der Waals surface area contributed by atoms with Gasteiger partial charge in [0, 0.05) is 47.0 Å². The molecule has 2 aromatic rings. The quantitative estimate of drug-likeness (QED) is 0.314. The van der Waals surface area contributed by atoms with Gasteiger partial charge in [-0.05, 0) is 12.2 Å². The predicted octanol–water partition coefficient (Wildman–Crippen LogP) is 5.03. The molecule has 14 heteroatoms. The molecule has 1 aliphatic heterocycles. The highest BCUT2D eigenvalue weighted by atomic mass is 35.7. The Morgan fingerprint density at radius 3 is 2.24 bits per heavy atom. The monoisotopic (exact) mass is 595 g/mol. The van der Waals surface area contributed by atoms with Crippen LogP contribution in [-0.4, -0.2) is 63.9 Å². The third-order valence-corrected chi connectivity index (χ3v) is 5.73. The summed E-state index contributed by atoms with van der Waals surface area (Å²) in [5.41, 5.74) is 0.340. The summed E-state index contributed by atoms with van der Waals surface area (Å²) < 4.78 is 49.7. The van der Waals surface area contributed by atoms with Crippen molar-refractivity contribution in [1.29, 1.82) is 0 Å². The number of nitrogens with zero attached hydrogens (tertiary/aromatic N) is 2. The van der Waals surface area contributed by atoms with E-state index < -0.39 is 14.9 Å². The van der Waals surface area contributed by atoms with Gasteiger partial charge in [0.15, 0.2) is 5.78 Å². The average molecular weight is 597 g/mol. The number of benzene rings is 1. The van der Waals surface area contributed by atoms with E-state index in [0.29, 0.717) is 31.1 Å². The zero-order chi connectivity index (χ0) is 27.8. The molecular weight excluding hydrogens is 572 g/mol. The molecule has 0 radical (unpaired) electrons. The van der Waals surface area contributed by atoms with E-state index in [0.717, 1.165) is 6.26 Å². The largest absolute Gasteiger partial charge is 0.495 e. The number of carbonyl (C=O) groups excluding carboxylic acids is 1. The molecule has 3 rings (SSSR count). The van der Waals surface area contributed by atoms with Crippen LogP contribution < -0.4 is 14.8 Å². The molecule has 0 unspecified atom stereocenters. The van der Waals surface area contributed by atoms with E-state index in [2.05, 4.69) is 32.5 Å². The smallest absolute Gasteiger partial charge is 0.229 e. The molecular formula is C23H25Cl3FN3O6S. The number of carbonyl (C=O) groups is 1. The van der Waals surface area contributed by atoms with Crippen LogP contribution in [0.5, 0.6) is 11.5 Å². The molecule has 0 spiro atoms. The van der Waals surface area contributed by atoms with Crippen LogP contribution in [0.2, 0.25) is 10.0 Å². The van der Waals surface area contributed by atoms with E-state index in [4.69, 9.17) is 37.4 Å². The molecule has 0 saturated carbocycles. The lowest BCUT2D eigenvalue weighted by atomic mass is 9.97. The van der Waals surface area contributed by atoms with Crippen LogP contribution in [0.1, 0.15) is 17.5 Å². The van der Waals surface area contributed by atoms with Crippen LogP contribution in [0.3, 0.4) is 0 Å². The molecule has 9 nitrogen and oxygen atoms in total. The summed E-state index contributed by atoms with van der Waals surface area (Å²) >= 11 is 12.5. The third-order valence-electron chi connectivity index (χ3n) is 4.98. The Morgan fingerprint density at radius 1 is 1.22 bits per heavy atom. The van der Waals surface area contributed by atoms with Crippen molar-refractivity contribution >= 4 is 66.6 Å². The Hall–Kier alpha value is -2.44. The first-order valence-corrected chi connectivity index (χ1v) is 14.0. The normalized spacial score (nSPS) is 17.4. The third kappa shape index (κ3) is 9.42. The molecule has 1 N–H and O–H groups in total. The van der Waals surface area contributed by atoms with Gasteiger partial charge in [0.25, 0.3) is 0 Å². The van der Waals surface area contributed by atoms with Crippen LogP contribution in [0.15, 0.2) is 31.1 Å². The molecule has 2 atom stereocenters. The maximum atomic E-state index is 15.1. The number of methoxy groups -OCH3 is 2.